The van der Waals surface area contributed by atoms with Crippen LogP contribution in [-0.4, -0.2) is 96.8 Å². The van der Waals surface area contributed by atoms with Gasteiger partial charge in [-0.25, -0.2) is 0 Å². The summed E-state index contributed by atoms with van der Waals surface area (Å²) in [7, 11) is 0. The summed E-state index contributed by atoms with van der Waals surface area (Å²) < 4.78 is 10.7. The predicted molar refractivity (Wildman–Crippen MR) is 255 cm³/mol. The minimum atomic E-state index is -0.691. The smallest absolute Gasteiger partial charge is 0.316 e. The second kappa shape index (κ2) is 21.8. The molecule has 3 aliphatic heterocycles. The van der Waals surface area contributed by atoms with Crippen molar-refractivity contribution in [1.29, 1.82) is 0 Å². The molecule has 12 nitrogen and oxygen atoms in total. The van der Waals surface area contributed by atoms with Crippen molar-refractivity contribution in [2.45, 2.75) is 168 Å². The fraction of sp³-hybridized carbons (Fsp3) is 0.843. The van der Waals surface area contributed by atoms with Crippen molar-refractivity contribution in [2.24, 2.45) is 71.0 Å². The lowest BCUT2D eigenvalue weighted by molar-refractivity contribution is -0.133. The lowest BCUT2D eigenvalue weighted by Crippen LogP contribution is -2.46. The summed E-state index contributed by atoms with van der Waals surface area (Å²) in [6, 6.07) is 0. The second-order valence-electron chi connectivity index (χ2n) is 23.9. The first kappa shape index (κ1) is 54.1. The van der Waals surface area contributed by atoms with Crippen molar-refractivity contribution in [3.8, 4) is 0 Å². The Balaban J connectivity index is 0.000000254. The normalized spacial score (nSPS) is 23.7. The van der Waals surface area contributed by atoms with Gasteiger partial charge in [0.1, 0.15) is 0 Å². The van der Waals surface area contributed by atoms with Crippen LogP contribution in [0, 0.1) is 71.0 Å². The number of hydrogen-bond acceptors (Lipinski definition) is 10. The standard InChI is InChI=1S/C18H31N3O2.C18H31N3O.C15H29NO2/c1-11(2)13-8-9-21(10-14(13)12(3)4)16(22)15-19-17(20-23-15)18(5,6)7;1-11(2)14-9-21(10-15(14)12(3)4)13(5)16-19-17(20-22-16)18(6,7)8;1-10(2)12-9-16(8-7-15(5,6)18)14(17)13(12)11(3)4/h11-14H,8-10H2,1-7H3;11-12,14-15H,5,9-10H2,1-4,6-8H3;10-13,18H,7-9H2,1-6H3. The molecule has 0 bridgehead atoms. The maximum atomic E-state index is 12.7. The highest BCUT2D eigenvalue weighted by atomic mass is 16.5. The van der Waals surface area contributed by atoms with Gasteiger partial charge in [0.05, 0.1) is 11.3 Å². The van der Waals surface area contributed by atoms with Crippen LogP contribution in [0.15, 0.2) is 15.6 Å². The molecular weight excluding hydrogens is 791 g/mol. The largest absolute Gasteiger partial charge is 0.390 e. The molecule has 5 rings (SSSR count). The van der Waals surface area contributed by atoms with Crippen molar-refractivity contribution in [3.05, 3.63) is 30.0 Å². The molecule has 0 aliphatic carbocycles. The van der Waals surface area contributed by atoms with Crippen LogP contribution < -0.4 is 0 Å². The summed E-state index contributed by atoms with van der Waals surface area (Å²) in [5.41, 5.74) is -0.137. The lowest BCUT2D eigenvalue weighted by Gasteiger charge is -2.42. The SMILES string of the molecule is C=C(c1nc(C(C)(C)C)no1)N1CC(C(C)C)C(C(C)C)C1.CC(C)C1CCN(C(=O)c2nc(C(C)(C)C)no2)CC1C(C)C.CC(C)C1CN(CCC(C)(C)O)C(=O)C1C(C)C. The van der Waals surface area contributed by atoms with Crippen LogP contribution in [0.1, 0.15) is 180 Å². The van der Waals surface area contributed by atoms with Gasteiger partial charge in [-0.1, -0.05) is 142 Å². The van der Waals surface area contributed by atoms with Gasteiger partial charge in [0.2, 0.25) is 5.91 Å². The molecule has 360 valence electrons. The third kappa shape index (κ3) is 14.6. The second-order valence-corrected chi connectivity index (χ2v) is 23.9. The Bertz CT molecular complexity index is 1740. The first-order valence-electron chi connectivity index (χ1n) is 24.3. The molecule has 6 atom stereocenters. The van der Waals surface area contributed by atoms with Gasteiger partial charge < -0.3 is 28.9 Å². The summed E-state index contributed by atoms with van der Waals surface area (Å²) in [5.74, 6) is 8.88. The topological polar surface area (TPSA) is 142 Å². The molecule has 3 fully saturated rings. The molecule has 1 N–H and O–H groups in total. The zero-order chi connectivity index (χ0) is 48.1. The molecule has 12 heteroatoms. The van der Waals surface area contributed by atoms with Gasteiger partial charge in [0, 0.05) is 56.0 Å². The minimum Gasteiger partial charge on any atom is -0.390 e. The molecule has 5 heterocycles. The number of carbonyl (C=O) groups is 2. The van der Waals surface area contributed by atoms with E-state index >= 15 is 0 Å². The molecular formula is C51H91N7O5. The number of piperidine rings is 1. The first-order valence-corrected chi connectivity index (χ1v) is 24.3. The number of rotatable bonds is 12. The highest BCUT2D eigenvalue weighted by Gasteiger charge is 2.43. The van der Waals surface area contributed by atoms with E-state index in [1.54, 1.807) is 13.8 Å². The van der Waals surface area contributed by atoms with Crippen molar-refractivity contribution in [1.82, 2.24) is 35.0 Å². The summed E-state index contributed by atoms with van der Waals surface area (Å²) in [4.78, 5) is 40.2. The Hall–Kier alpha value is -3.28. The summed E-state index contributed by atoms with van der Waals surface area (Å²) in [6.45, 7) is 52.3. The third-order valence-electron chi connectivity index (χ3n) is 13.9. The number of amides is 2. The average Bonchev–Trinajstić information content (AvgIpc) is 3.98. The fourth-order valence-electron chi connectivity index (χ4n) is 9.60. The predicted octanol–water partition coefficient (Wildman–Crippen LogP) is 10.5. The van der Waals surface area contributed by atoms with Crippen LogP contribution in [0.5, 0.6) is 0 Å². The van der Waals surface area contributed by atoms with Crippen molar-refractivity contribution in [2.75, 3.05) is 39.3 Å². The maximum absolute atomic E-state index is 12.7. The molecule has 2 aromatic heterocycles. The molecule has 0 saturated carbocycles. The van der Waals surface area contributed by atoms with Crippen LogP contribution in [0.2, 0.25) is 0 Å². The highest BCUT2D eigenvalue weighted by molar-refractivity contribution is 5.89. The Morgan fingerprint density at radius 3 is 1.43 bits per heavy atom. The lowest BCUT2D eigenvalue weighted by atomic mass is 9.73. The van der Waals surface area contributed by atoms with Crippen LogP contribution in [0.3, 0.4) is 0 Å². The Morgan fingerprint density at radius 1 is 0.635 bits per heavy atom. The Kier molecular flexibility index (Phi) is 18.7. The number of aliphatic hydroxyl groups is 1. The van der Waals surface area contributed by atoms with E-state index < -0.39 is 5.60 Å². The van der Waals surface area contributed by atoms with Crippen LogP contribution in [0.4, 0.5) is 0 Å². The van der Waals surface area contributed by atoms with E-state index in [9.17, 15) is 14.7 Å². The Labute approximate surface area is 383 Å². The first-order chi connectivity index (χ1) is 28.8. The molecule has 0 radical (unpaired) electrons. The van der Waals surface area contributed by atoms with E-state index in [-0.39, 0.29) is 34.5 Å². The van der Waals surface area contributed by atoms with Crippen LogP contribution in [-0.2, 0) is 15.6 Å². The quantitative estimate of drug-likeness (QED) is 0.219. The number of nitrogens with zero attached hydrogens (tertiary/aromatic N) is 7. The van der Waals surface area contributed by atoms with Gasteiger partial charge in [0.25, 0.3) is 5.89 Å². The van der Waals surface area contributed by atoms with E-state index in [0.29, 0.717) is 89.8 Å². The number of aromatic nitrogens is 4. The van der Waals surface area contributed by atoms with Crippen molar-refractivity contribution in [3.63, 3.8) is 0 Å². The number of hydrogen-bond donors (Lipinski definition) is 1. The summed E-state index contributed by atoms with van der Waals surface area (Å²) >= 11 is 0. The fourth-order valence-corrected chi connectivity index (χ4v) is 9.60. The molecule has 6 unspecified atom stereocenters. The van der Waals surface area contributed by atoms with Gasteiger partial charge in [-0.05, 0) is 91.8 Å². The molecule has 2 amide bonds. The number of likely N-dealkylation sites (tertiary alicyclic amines) is 3. The van der Waals surface area contributed by atoms with Gasteiger partial charge in [-0.2, -0.15) is 9.97 Å². The van der Waals surface area contributed by atoms with E-state index in [4.69, 9.17) is 9.05 Å². The molecule has 3 saturated heterocycles. The molecule has 0 spiro atoms. The van der Waals surface area contributed by atoms with Crippen molar-refractivity contribution >= 4 is 17.5 Å². The van der Waals surface area contributed by atoms with Gasteiger partial charge >= 0.3 is 11.8 Å². The van der Waals surface area contributed by atoms with E-state index in [2.05, 4.69) is 136 Å². The van der Waals surface area contributed by atoms with E-state index in [1.807, 2.05) is 30.6 Å². The summed E-state index contributed by atoms with van der Waals surface area (Å²) in [5, 5.41) is 17.9. The van der Waals surface area contributed by atoms with Gasteiger partial charge in [-0.3, -0.25) is 9.59 Å². The summed E-state index contributed by atoms with van der Waals surface area (Å²) in [6.07, 6.45) is 1.70. The highest BCUT2D eigenvalue weighted by Crippen LogP contribution is 2.39. The number of carbonyl (C=O) groups excluding carboxylic acids is 2. The van der Waals surface area contributed by atoms with Crippen molar-refractivity contribution < 1.29 is 23.7 Å². The average molecular weight is 882 g/mol. The zero-order valence-corrected chi connectivity index (χ0v) is 43.5. The van der Waals surface area contributed by atoms with E-state index in [1.165, 1.54) is 0 Å². The molecule has 2 aromatic rings. The molecule has 0 aromatic carbocycles. The minimum absolute atomic E-state index is 0.103. The monoisotopic (exact) mass is 882 g/mol. The van der Waals surface area contributed by atoms with Gasteiger partial charge in [-0.15, -0.1) is 0 Å². The maximum Gasteiger partial charge on any atom is 0.316 e. The Morgan fingerprint density at radius 2 is 1.05 bits per heavy atom. The van der Waals surface area contributed by atoms with E-state index in [0.717, 1.165) is 50.7 Å². The molecule has 63 heavy (non-hydrogen) atoms. The third-order valence-corrected chi connectivity index (χ3v) is 13.9. The molecule has 3 aliphatic rings. The zero-order valence-electron chi connectivity index (χ0n) is 43.5. The van der Waals surface area contributed by atoms with Crippen LogP contribution in [0.25, 0.3) is 5.70 Å². The van der Waals surface area contributed by atoms with Gasteiger partial charge in [0.15, 0.2) is 11.6 Å². The van der Waals surface area contributed by atoms with Crippen LogP contribution >= 0.6 is 0 Å².